The highest BCUT2D eigenvalue weighted by atomic mass is 79.9. The lowest BCUT2D eigenvalue weighted by Crippen LogP contribution is -2.05. The van der Waals surface area contributed by atoms with E-state index in [2.05, 4.69) is 39.6 Å². The molecule has 0 fully saturated rings. The van der Waals surface area contributed by atoms with Gasteiger partial charge in [-0.1, -0.05) is 35.5 Å². The van der Waals surface area contributed by atoms with Crippen molar-refractivity contribution >= 4 is 28.6 Å². The predicted molar refractivity (Wildman–Crippen MR) is 43.5 cm³/mol. The summed E-state index contributed by atoms with van der Waals surface area (Å²) < 4.78 is 0. The van der Waals surface area contributed by atoms with E-state index in [1.807, 2.05) is 6.07 Å². The maximum atomic E-state index is 3.50. The van der Waals surface area contributed by atoms with Crippen LogP contribution in [0.3, 0.4) is 0 Å². The van der Waals surface area contributed by atoms with Crippen LogP contribution in [-0.2, 0) is 0 Å². The number of rotatable bonds is 1. The molecule has 0 amide bonds. The third-order valence-corrected chi connectivity index (χ3v) is 3.72. The molecule has 0 radical (unpaired) electrons. The summed E-state index contributed by atoms with van der Waals surface area (Å²) in [5.41, 5.74) is 0. The quantitative estimate of drug-likeness (QED) is 0.450. The Bertz CT molecular complexity index is 150. The zero-order valence-electron chi connectivity index (χ0n) is 4.47. The van der Waals surface area contributed by atoms with Crippen LogP contribution in [0.15, 0.2) is 30.3 Å². The van der Waals surface area contributed by atoms with E-state index in [0.717, 1.165) is 0 Å². The zero-order chi connectivity index (χ0) is 5.82. The smallest absolute Gasteiger partial charge is 0.129 e. The Morgan fingerprint density at radius 3 is 2.12 bits per heavy atom. The van der Waals surface area contributed by atoms with Crippen molar-refractivity contribution in [3.63, 3.8) is 0 Å². The van der Waals surface area contributed by atoms with E-state index in [4.69, 9.17) is 0 Å². The Balaban J connectivity index is 2.83. The van der Waals surface area contributed by atoms with Crippen molar-refractivity contribution in [1.29, 1.82) is 0 Å². The van der Waals surface area contributed by atoms with Crippen LogP contribution in [0.4, 0.5) is 0 Å². The molecule has 0 aliphatic rings. The molecule has 0 aliphatic carbocycles. The van der Waals surface area contributed by atoms with Crippen LogP contribution in [0.2, 0.25) is 0 Å². The highest BCUT2D eigenvalue weighted by Gasteiger charge is 1.82. The van der Waals surface area contributed by atoms with Gasteiger partial charge in [-0.3, -0.25) is 0 Å². The van der Waals surface area contributed by atoms with Crippen molar-refractivity contribution in [1.82, 2.24) is 0 Å². The third-order valence-electron chi connectivity index (χ3n) is 0.997. The van der Waals surface area contributed by atoms with E-state index in [1.54, 1.807) is 0 Å². The summed E-state index contributed by atoms with van der Waals surface area (Å²) in [6.07, 6.45) is 0. The van der Waals surface area contributed by atoms with Gasteiger partial charge in [-0.2, -0.15) is 0 Å². The average molecular weight is 187 g/mol. The van der Waals surface area contributed by atoms with Gasteiger partial charge >= 0.3 is 0 Å². The summed E-state index contributed by atoms with van der Waals surface area (Å²) in [5, 5.41) is 1.47. The summed E-state index contributed by atoms with van der Waals surface area (Å²) in [7, 11) is -0.0962. The van der Waals surface area contributed by atoms with E-state index in [0.29, 0.717) is 0 Å². The van der Waals surface area contributed by atoms with Crippen LogP contribution >= 0.6 is 15.3 Å². The van der Waals surface area contributed by atoms with E-state index in [-0.39, 0.29) is 8.14 Å². The molecule has 8 heavy (non-hydrogen) atoms. The van der Waals surface area contributed by atoms with Crippen molar-refractivity contribution in [2.45, 2.75) is 0 Å². The Hall–Kier alpha value is -0.0831. The maximum absolute atomic E-state index is 3.50. The largest absolute Gasteiger partial charge is 0.130 e. The van der Waals surface area contributed by atoms with Gasteiger partial charge in [-0.15, -0.1) is 15.3 Å². The molecular formula is C6H7BrSi. The van der Waals surface area contributed by atoms with Gasteiger partial charge in [0, 0.05) is 0 Å². The molecule has 0 saturated heterocycles. The molecule has 0 aromatic heterocycles. The molecule has 0 atom stereocenters. The van der Waals surface area contributed by atoms with Crippen molar-refractivity contribution in [2.75, 3.05) is 0 Å². The first kappa shape index (κ1) is 6.04. The van der Waals surface area contributed by atoms with E-state index >= 15 is 0 Å². The fourth-order valence-electron chi connectivity index (χ4n) is 0.567. The van der Waals surface area contributed by atoms with Crippen LogP contribution in [-0.4, -0.2) is 8.14 Å². The van der Waals surface area contributed by atoms with Crippen molar-refractivity contribution in [2.24, 2.45) is 0 Å². The van der Waals surface area contributed by atoms with Gasteiger partial charge < -0.3 is 0 Å². The highest BCUT2D eigenvalue weighted by molar-refractivity contribution is 9.23. The minimum atomic E-state index is -0.0962. The van der Waals surface area contributed by atoms with Gasteiger partial charge in [-0.05, 0) is 0 Å². The summed E-state index contributed by atoms with van der Waals surface area (Å²) in [5.74, 6) is 0. The molecule has 0 bridgehead atoms. The first-order valence-electron chi connectivity index (χ1n) is 2.53. The highest BCUT2D eigenvalue weighted by Crippen LogP contribution is 1.82. The van der Waals surface area contributed by atoms with Crippen molar-refractivity contribution in [3.05, 3.63) is 30.3 Å². The van der Waals surface area contributed by atoms with Gasteiger partial charge in [0.1, 0.15) is 8.14 Å². The molecule has 0 unspecified atom stereocenters. The monoisotopic (exact) mass is 186 g/mol. The minimum Gasteiger partial charge on any atom is -0.129 e. The zero-order valence-corrected chi connectivity index (χ0v) is 7.47. The molecule has 1 aromatic carbocycles. The summed E-state index contributed by atoms with van der Waals surface area (Å²) in [4.78, 5) is 0. The van der Waals surface area contributed by atoms with Gasteiger partial charge in [0.25, 0.3) is 0 Å². The van der Waals surface area contributed by atoms with Gasteiger partial charge in [0.2, 0.25) is 0 Å². The molecule has 42 valence electrons. The van der Waals surface area contributed by atoms with Crippen LogP contribution in [0.1, 0.15) is 0 Å². The molecule has 0 heterocycles. The molecule has 0 N–H and O–H groups in total. The van der Waals surface area contributed by atoms with Gasteiger partial charge in [0.05, 0.1) is 0 Å². The molecular weight excluding hydrogens is 180 g/mol. The first-order chi connectivity index (χ1) is 3.93. The Morgan fingerprint density at radius 1 is 1.12 bits per heavy atom. The van der Waals surface area contributed by atoms with Crippen molar-refractivity contribution in [3.8, 4) is 0 Å². The average Bonchev–Trinajstić information content (AvgIpc) is 1.90. The van der Waals surface area contributed by atoms with Crippen molar-refractivity contribution < 1.29 is 0 Å². The number of halogens is 1. The predicted octanol–water partition coefficient (Wildman–Crippen LogP) is 0.791. The SMILES string of the molecule is Br[SiH2]c1ccccc1. The second-order valence-corrected chi connectivity index (χ2v) is 4.39. The maximum Gasteiger partial charge on any atom is 0.130 e. The van der Waals surface area contributed by atoms with E-state index < -0.39 is 0 Å². The van der Waals surface area contributed by atoms with Gasteiger partial charge in [0.15, 0.2) is 0 Å². The second-order valence-electron chi connectivity index (χ2n) is 1.62. The first-order valence-corrected chi connectivity index (χ1v) is 7.14. The number of benzene rings is 1. The fourth-order valence-corrected chi connectivity index (χ4v) is 2.14. The molecule has 0 aliphatic heterocycles. The molecule has 1 rings (SSSR count). The van der Waals surface area contributed by atoms with E-state index in [1.165, 1.54) is 5.19 Å². The lowest BCUT2D eigenvalue weighted by molar-refractivity contribution is 1.77. The summed E-state index contributed by atoms with van der Waals surface area (Å²) in [6.45, 7) is 0. The molecule has 0 nitrogen and oxygen atoms in total. The standard InChI is InChI=1S/C6H7BrSi/c7-8-6-4-2-1-3-5-6/h1-5H,8H2. The van der Waals surface area contributed by atoms with Crippen LogP contribution in [0.5, 0.6) is 0 Å². The Kier molecular flexibility index (Phi) is 2.30. The lowest BCUT2D eigenvalue weighted by atomic mass is 10.4. The van der Waals surface area contributed by atoms with Crippen LogP contribution in [0, 0.1) is 0 Å². The molecule has 0 saturated carbocycles. The number of hydrogen-bond acceptors (Lipinski definition) is 0. The van der Waals surface area contributed by atoms with E-state index in [9.17, 15) is 0 Å². The molecule has 1 aromatic rings. The summed E-state index contributed by atoms with van der Waals surface area (Å²) in [6, 6.07) is 10.5. The topological polar surface area (TPSA) is 0 Å². The molecule has 0 spiro atoms. The second kappa shape index (κ2) is 3.05. The third kappa shape index (κ3) is 1.45. The van der Waals surface area contributed by atoms with Crippen LogP contribution < -0.4 is 5.19 Å². The van der Waals surface area contributed by atoms with Crippen LogP contribution in [0.25, 0.3) is 0 Å². The Labute approximate surface area is 59.3 Å². The molecule has 2 heteroatoms. The normalized spacial score (nSPS) is 10.6. The Morgan fingerprint density at radius 2 is 1.75 bits per heavy atom. The van der Waals surface area contributed by atoms with Gasteiger partial charge in [-0.25, -0.2) is 0 Å². The minimum absolute atomic E-state index is 0.0962. The lowest BCUT2D eigenvalue weighted by Gasteiger charge is -1.87. The number of hydrogen-bond donors (Lipinski definition) is 0. The summed E-state index contributed by atoms with van der Waals surface area (Å²) >= 11 is 3.50. The fraction of sp³-hybridized carbons (Fsp3) is 0.